The van der Waals surface area contributed by atoms with E-state index in [1.165, 1.54) is 24.3 Å². The number of thioether (sulfide) groups is 1. The van der Waals surface area contributed by atoms with Crippen LogP contribution in [0.4, 0.5) is 4.39 Å². The average molecular weight is 347 g/mol. The Balaban J connectivity index is 1.41. The Labute approximate surface area is 145 Å². The van der Waals surface area contributed by atoms with Crippen molar-refractivity contribution in [2.75, 3.05) is 18.1 Å². The molecule has 2 aliphatic rings. The van der Waals surface area contributed by atoms with E-state index in [9.17, 15) is 4.39 Å². The maximum atomic E-state index is 13.1. The van der Waals surface area contributed by atoms with Crippen LogP contribution < -0.4 is 5.32 Å². The number of halogens is 1. The number of ether oxygens (including phenoxy) is 1. The van der Waals surface area contributed by atoms with Crippen LogP contribution in [0.15, 0.2) is 36.5 Å². The van der Waals surface area contributed by atoms with Gasteiger partial charge in [-0.25, -0.2) is 9.07 Å². The van der Waals surface area contributed by atoms with E-state index in [1.54, 1.807) is 18.3 Å². The standard InChI is InChI=1S/C18H22FN3OS/c19-14-1-3-16(4-2-14)22-17(5-8-21-22)12-20-15-6-9-23-18(11-15)7-10-24-13-18/h1-5,8,15,20H,6-7,9-13H2/t15-,18+/m1/s1. The fraction of sp³-hybridized carbons (Fsp3) is 0.500. The molecule has 1 N–H and O–H groups in total. The molecule has 0 unspecified atom stereocenters. The third kappa shape index (κ3) is 3.36. The van der Waals surface area contributed by atoms with E-state index in [0.29, 0.717) is 6.04 Å². The van der Waals surface area contributed by atoms with Crippen molar-refractivity contribution in [3.05, 3.63) is 48.0 Å². The Hall–Kier alpha value is -1.37. The molecule has 0 aliphatic carbocycles. The summed E-state index contributed by atoms with van der Waals surface area (Å²) in [6, 6.07) is 8.93. The summed E-state index contributed by atoms with van der Waals surface area (Å²) in [6.45, 7) is 1.60. The molecule has 3 heterocycles. The Kier molecular flexibility index (Phi) is 4.61. The number of aromatic nitrogens is 2. The van der Waals surface area contributed by atoms with E-state index in [0.717, 1.165) is 43.1 Å². The summed E-state index contributed by atoms with van der Waals surface area (Å²) in [5.41, 5.74) is 2.06. The number of rotatable bonds is 4. The molecule has 24 heavy (non-hydrogen) atoms. The highest BCUT2D eigenvalue weighted by Gasteiger charge is 2.40. The van der Waals surface area contributed by atoms with Gasteiger partial charge in [0.05, 0.1) is 17.0 Å². The number of nitrogens with zero attached hydrogens (tertiary/aromatic N) is 2. The molecule has 6 heteroatoms. The highest BCUT2D eigenvalue weighted by molar-refractivity contribution is 7.99. The molecule has 1 aromatic carbocycles. The van der Waals surface area contributed by atoms with Gasteiger partial charge in [0.2, 0.25) is 0 Å². The van der Waals surface area contributed by atoms with E-state index in [1.807, 2.05) is 22.5 Å². The van der Waals surface area contributed by atoms with Crippen LogP contribution in [0.25, 0.3) is 5.69 Å². The van der Waals surface area contributed by atoms with Crippen LogP contribution in [-0.4, -0.2) is 39.5 Å². The fourth-order valence-corrected chi connectivity index (χ4v) is 4.97. The second-order valence-corrected chi connectivity index (χ2v) is 7.72. The van der Waals surface area contributed by atoms with Crippen LogP contribution in [0, 0.1) is 5.82 Å². The Morgan fingerprint density at radius 2 is 2.21 bits per heavy atom. The second kappa shape index (κ2) is 6.86. The van der Waals surface area contributed by atoms with Crippen molar-refractivity contribution in [1.29, 1.82) is 0 Å². The summed E-state index contributed by atoms with van der Waals surface area (Å²) in [5, 5.41) is 8.05. The fourth-order valence-electron chi connectivity index (χ4n) is 3.59. The van der Waals surface area contributed by atoms with Crippen molar-refractivity contribution in [2.45, 2.75) is 37.5 Å². The second-order valence-electron chi connectivity index (χ2n) is 6.62. The molecule has 2 aliphatic heterocycles. The highest BCUT2D eigenvalue weighted by atomic mass is 32.2. The minimum Gasteiger partial charge on any atom is -0.374 e. The first-order valence-electron chi connectivity index (χ1n) is 8.48. The first-order chi connectivity index (χ1) is 11.7. The Morgan fingerprint density at radius 1 is 1.33 bits per heavy atom. The van der Waals surface area contributed by atoms with E-state index in [4.69, 9.17) is 4.74 Å². The van der Waals surface area contributed by atoms with Gasteiger partial charge in [-0.2, -0.15) is 16.9 Å². The highest BCUT2D eigenvalue weighted by Crippen LogP contribution is 2.38. The third-order valence-corrected chi connectivity index (χ3v) is 6.15. The van der Waals surface area contributed by atoms with Crippen LogP contribution in [0.5, 0.6) is 0 Å². The first-order valence-corrected chi connectivity index (χ1v) is 9.64. The van der Waals surface area contributed by atoms with Crippen molar-refractivity contribution in [3.63, 3.8) is 0 Å². The molecule has 2 atom stereocenters. The summed E-state index contributed by atoms with van der Waals surface area (Å²) < 4.78 is 21.1. The molecule has 0 amide bonds. The molecule has 0 radical (unpaired) electrons. The summed E-state index contributed by atoms with van der Waals surface area (Å²) >= 11 is 2.00. The van der Waals surface area contributed by atoms with Crippen molar-refractivity contribution in [2.24, 2.45) is 0 Å². The molecular formula is C18H22FN3OS. The molecule has 0 bridgehead atoms. The SMILES string of the molecule is Fc1ccc(-n2nccc2CN[C@@H]2CCO[C@@]3(CCSC3)C2)cc1. The predicted molar refractivity (Wildman–Crippen MR) is 94.0 cm³/mol. The van der Waals surface area contributed by atoms with Gasteiger partial charge in [-0.1, -0.05) is 0 Å². The third-order valence-electron chi connectivity index (χ3n) is 4.92. The van der Waals surface area contributed by atoms with Gasteiger partial charge in [0.1, 0.15) is 5.82 Å². The first kappa shape index (κ1) is 16.1. The van der Waals surface area contributed by atoms with Crippen molar-refractivity contribution < 1.29 is 9.13 Å². The number of benzene rings is 1. The molecule has 1 aromatic heterocycles. The maximum Gasteiger partial charge on any atom is 0.123 e. The van der Waals surface area contributed by atoms with E-state index in [2.05, 4.69) is 10.4 Å². The molecule has 4 nitrogen and oxygen atoms in total. The van der Waals surface area contributed by atoms with Crippen LogP contribution in [0.3, 0.4) is 0 Å². The minimum atomic E-state index is -0.229. The molecule has 2 fully saturated rings. The lowest BCUT2D eigenvalue weighted by Crippen LogP contribution is -2.47. The number of hydrogen-bond acceptors (Lipinski definition) is 4. The number of nitrogens with one attached hydrogen (secondary N) is 1. The van der Waals surface area contributed by atoms with Gasteiger partial charge in [0, 0.05) is 31.1 Å². The predicted octanol–water partition coefficient (Wildman–Crippen LogP) is 3.16. The van der Waals surface area contributed by atoms with Gasteiger partial charge in [0.15, 0.2) is 0 Å². The van der Waals surface area contributed by atoms with E-state index < -0.39 is 0 Å². The molecule has 2 saturated heterocycles. The lowest BCUT2D eigenvalue weighted by molar-refractivity contribution is -0.0703. The lowest BCUT2D eigenvalue weighted by Gasteiger charge is -2.38. The monoisotopic (exact) mass is 347 g/mol. The zero-order valence-corrected chi connectivity index (χ0v) is 14.4. The summed E-state index contributed by atoms with van der Waals surface area (Å²) in [4.78, 5) is 0. The van der Waals surface area contributed by atoms with Crippen LogP contribution in [0.2, 0.25) is 0 Å². The van der Waals surface area contributed by atoms with Gasteiger partial charge >= 0.3 is 0 Å². The largest absolute Gasteiger partial charge is 0.374 e. The van der Waals surface area contributed by atoms with E-state index in [-0.39, 0.29) is 11.4 Å². The summed E-state index contributed by atoms with van der Waals surface area (Å²) in [6.07, 6.45) is 5.10. The van der Waals surface area contributed by atoms with E-state index >= 15 is 0 Å². The molecular weight excluding hydrogens is 325 g/mol. The Morgan fingerprint density at radius 3 is 3.00 bits per heavy atom. The van der Waals surface area contributed by atoms with Gasteiger partial charge in [-0.05, 0) is 55.3 Å². The van der Waals surface area contributed by atoms with Crippen molar-refractivity contribution >= 4 is 11.8 Å². The zero-order valence-electron chi connectivity index (χ0n) is 13.6. The molecule has 128 valence electrons. The van der Waals surface area contributed by atoms with Crippen LogP contribution in [0.1, 0.15) is 25.0 Å². The van der Waals surface area contributed by atoms with Gasteiger partial charge < -0.3 is 10.1 Å². The average Bonchev–Trinajstić information content (AvgIpc) is 3.24. The minimum absolute atomic E-state index is 0.0950. The van der Waals surface area contributed by atoms with Crippen molar-refractivity contribution in [1.82, 2.24) is 15.1 Å². The van der Waals surface area contributed by atoms with Gasteiger partial charge in [0.25, 0.3) is 0 Å². The number of hydrogen-bond donors (Lipinski definition) is 1. The summed E-state index contributed by atoms with van der Waals surface area (Å²) in [5.74, 6) is 2.11. The van der Waals surface area contributed by atoms with Crippen LogP contribution in [-0.2, 0) is 11.3 Å². The Bertz CT molecular complexity index is 682. The smallest absolute Gasteiger partial charge is 0.123 e. The quantitative estimate of drug-likeness (QED) is 0.922. The molecule has 4 rings (SSSR count). The molecule has 2 aromatic rings. The van der Waals surface area contributed by atoms with Gasteiger partial charge in [-0.15, -0.1) is 0 Å². The molecule has 0 saturated carbocycles. The normalized spacial score (nSPS) is 27.0. The molecule has 1 spiro atoms. The lowest BCUT2D eigenvalue weighted by atomic mass is 9.90. The van der Waals surface area contributed by atoms with Crippen molar-refractivity contribution in [3.8, 4) is 5.69 Å². The maximum absolute atomic E-state index is 13.1. The zero-order chi connectivity index (χ0) is 16.4. The summed E-state index contributed by atoms with van der Waals surface area (Å²) in [7, 11) is 0. The van der Waals surface area contributed by atoms with Gasteiger partial charge in [-0.3, -0.25) is 0 Å². The van der Waals surface area contributed by atoms with Crippen LogP contribution >= 0.6 is 11.8 Å². The topological polar surface area (TPSA) is 39.1 Å².